The van der Waals surface area contributed by atoms with Gasteiger partial charge >= 0.3 is 11.9 Å². The number of carbonyl (C=O) groups is 2. The Labute approximate surface area is 127 Å². The standard InChI is InChI=1S/C13H9N3O7/c14-10-8(12(18)19)7(9(13(20)21)11(17)15-10)5-1-3-6(4-2-5)16(22)23/h1-4H,(H,18,19)(H,20,21)(H3,14,15,17). The first kappa shape index (κ1) is 15.7. The van der Waals surface area contributed by atoms with Crippen molar-refractivity contribution in [2.75, 3.05) is 5.73 Å². The number of carboxylic acids is 2. The third-order valence-corrected chi connectivity index (χ3v) is 3.04. The van der Waals surface area contributed by atoms with Crippen LogP contribution in [0.1, 0.15) is 20.7 Å². The maximum atomic E-state index is 11.8. The Morgan fingerprint density at radius 3 is 2.04 bits per heavy atom. The van der Waals surface area contributed by atoms with Crippen molar-refractivity contribution in [3.05, 3.63) is 55.9 Å². The van der Waals surface area contributed by atoms with Gasteiger partial charge in [0, 0.05) is 17.7 Å². The summed E-state index contributed by atoms with van der Waals surface area (Å²) in [7, 11) is 0. The molecular formula is C13H9N3O7. The molecule has 0 saturated carbocycles. The summed E-state index contributed by atoms with van der Waals surface area (Å²) in [5.74, 6) is -3.71. The van der Waals surface area contributed by atoms with E-state index in [1.165, 1.54) is 0 Å². The van der Waals surface area contributed by atoms with Gasteiger partial charge in [0.15, 0.2) is 0 Å². The third kappa shape index (κ3) is 2.72. The predicted molar refractivity (Wildman–Crippen MR) is 77.5 cm³/mol. The van der Waals surface area contributed by atoms with Crippen molar-refractivity contribution < 1.29 is 24.7 Å². The largest absolute Gasteiger partial charge is 0.478 e. The topological polar surface area (TPSA) is 177 Å². The average molecular weight is 319 g/mol. The third-order valence-electron chi connectivity index (χ3n) is 3.04. The molecule has 0 atom stereocenters. The van der Waals surface area contributed by atoms with E-state index in [4.69, 9.17) is 5.73 Å². The Bertz CT molecular complexity index is 884. The molecule has 23 heavy (non-hydrogen) atoms. The van der Waals surface area contributed by atoms with Crippen molar-refractivity contribution in [2.45, 2.75) is 0 Å². The zero-order chi connectivity index (χ0) is 17.3. The highest BCUT2D eigenvalue weighted by Gasteiger charge is 2.26. The summed E-state index contributed by atoms with van der Waals surface area (Å²) in [5.41, 5.74) is 2.29. The van der Waals surface area contributed by atoms with Crippen LogP contribution in [0.2, 0.25) is 0 Å². The molecule has 0 fully saturated rings. The quantitative estimate of drug-likeness (QED) is 0.474. The Morgan fingerprint density at radius 2 is 1.61 bits per heavy atom. The number of rotatable bonds is 4. The van der Waals surface area contributed by atoms with Gasteiger partial charge in [-0.3, -0.25) is 14.9 Å². The first-order chi connectivity index (χ1) is 10.7. The van der Waals surface area contributed by atoms with Crippen molar-refractivity contribution in [1.82, 2.24) is 4.98 Å². The highest BCUT2D eigenvalue weighted by atomic mass is 16.6. The number of aromatic carboxylic acids is 2. The maximum absolute atomic E-state index is 11.8. The van der Waals surface area contributed by atoms with Gasteiger partial charge < -0.3 is 20.9 Å². The van der Waals surface area contributed by atoms with Crippen LogP contribution in [-0.2, 0) is 0 Å². The monoisotopic (exact) mass is 319 g/mol. The molecule has 10 heteroatoms. The van der Waals surface area contributed by atoms with Gasteiger partial charge in [-0.05, 0) is 17.7 Å². The van der Waals surface area contributed by atoms with E-state index < -0.39 is 44.9 Å². The number of aromatic amines is 1. The van der Waals surface area contributed by atoms with E-state index in [1.807, 2.05) is 4.98 Å². The van der Waals surface area contributed by atoms with Crippen LogP contribution in [0.15, 0.2) is 29.1 Å². The van der Waals surface area contributed by atoms with Crippen LogP contribution in [0.4, 0.5) is 11.5 Å². The van der Waals surface area contributed by atoms with Gasteiger partial charge in [-0.25, -0.2) is 9.59 Å². The van der Waals surface area contributed by atoms with Gasteiger partial charge in [0.05, 0.1) is 4.92 Å². The van der Waals surface area contributed by atoms with E-state index in [-0.39, 0.29) is 11.3 Å². The lowest BCUT2D eigenvalue weighted by molar-refractivity contribution is -0.384. The number of nitrogens with one attached hydrogen (secondary N) is 1. The summed E-state index contributed by atoms with van der Waals surface area (Å²) in [6.45, 7) is 0. The molecule has 2 aromatic rings. The predicted octanol–water partition coefficient (Wildman–Crippen LogP) is 0.929. The van der Waals surface area contributed by atoms with Crippen LogP contribution < -0.4 is 11.3 Å². The molecule has 1 aromatic carbocycles. The molecule has 0 unspecified atom stereocenters. The number of anilines is 1. The lowest BCUT2D eigenvalue weighted by Gasteiger charge is -2.11. The normalized spacial score (nSPS) is 10.3. The van der Waals surface area contributed by atoms with Crippen molar-refractivity contribution in [2.24, 2.45) is 0 Å². The minimum absolute atomic E-state index is 0.00296. The first-order valence-electron chi connectivity index (χ1n) is 6.01. The number of nitrogens with two attached hydrogens (primary N) is 1. The molecule has 118 valence electrons. The second kappa shape index (κ2) is 5.60. The van der Waals surface area contributed by atoms with E-state index in [2.05, 4.69) is 0 Å². The van der Waals surface area contributed by atoms with Gasteiger partial charge in [-0.2, -0.15) is 0 Å². The van der Waals surface area contributed by atoms with Gasteiger partial charge in [0.2, 0.25) is 0 Å². The van der Waals surface area contributed by atoms with Crippen molar-refractivity contribution >= 4 is 23.4 Å². The Morgan fingerprint density at radius 1 is 1.09 bits per heavy atom. The molecule has 0 spiro atoms. The van der Waals surface area contributed by atoms with Crippen LogP contribution in [0, 0.1) is 10.1 Å². The maximum Gasteiger partial charge on any atom is 0.342 e. The average Bonchev–Trinajstić information content (AvgIpc) is 2.45. The molecular weight excluding hydrogens is 310 g/mol. The van der Waals surface area contributed by atoms with Gasteiger partial charge in [0.25, 0.3) is 11.2 Å². The van der Waals surface area contributed by atoms with Crippen LogP contribution in [0.5, 0.6) is 0 Å². The SMILES string of the molecule is Nc1[nH]c(=O)c(C(=O)O)c(-c2ccc([N+](=O)[O-])cc2)c1C(=O)O. The molecule has 0 saturated heterocycles. The number of nitro benzene ring substituents is 1. The van der Waals surface area contributed by atoms with E-state index in [0.29, 0.717) is 0 Å². The molecule has 0 aliphatic rings. The fraction of sp³-hybridized carbons (Fsp3) is 0. The first-order valence-corrected chi connectivity index (χ1v) is 6.01. The zero-order valence-corrected chi connectivity index (χ0v) is 11.3. The summed E-state index contributed by atoms with van der Waals surface area (Å²) in [6.07, 6.45) is 0. The summed E-state index contributed by atoms with van der Waals surface area (Å²) in [5, 5.41) is 29.1. The van der Waals surface area contributed by atoms with Crippen molar-refractivity contribution in [1.29, 1.82) is 0 Å². The molecule has 2 rings (SSSR count). The van der Waals surface area contributed by atoms with E-state index in [0.717, 1.165) is 24.3 Å². The number of hydrogen-bond donors (Lipinski definition) is 4. The molecule has 10 nitrogen and oxygen atoms in total. The Kier molecular flexibility index (Phi) is 3.82. The second-order valence-corrected chi connectivity index (χ2v) is 4.41. The lowest BCUT2D eigenvalue weighted by atomic mass is 9.95. The zero-order valence-electron chi connectivity index (χ0n) is 11.3. The Hall–Kier alpha value is -3.69. The smallest absolute Gasteiger partial charge is 0.342 e. The number of hydrogen-bond acceptors (Lipinski definition) is 6. The van der Waals surface area contributed by atoms with Crippen molar-refractivity contribution in [3.8, 4) is 11.1 Å². The molecule has 0 amide bonds. The lowest BCUT2D eigenvalue weighted by Crippen LogP contribution is -2.24. The van der Waals surface area contributed by atoms with E-state index >= 15 is 0 Å². The van der Waals surface area contributed by atoms with Gasteiger partial charge in [0.1, 0.15) is 16.9 Å². The van der Waals surface area contributed by atoms with Crippen LogP contribution >= 0.6 is 0 Å². The Balaban J connectivity index is 2.87. The molecule has 0 radical (unpaired) electrons. The van der Waals surface area contributed by atoms with Crippen LogP contribution in [0.25, 0.3) is 11.1 Å². The highest BCUT2D eigenvalue weighted by molar-refractivity contribution is 6.07. The molecule has 0 aliphatic carbocycles. The highest BCUT2D eigenvalue weighted by Crippen LogP contribution is 2.30. The summed E-state index contributed by atoms with van der Waals surface area (Å²) >= 11 is 0. The summed E-state index contributed by atoms with van der Waals surface area (Å²) < 4.78 is 0. The minimum Gasteiger partial charge on any atom is -0.478 e. The van der Waals surface area contributed by atoms with Crippen LogP contribution in [0.3, 0.4) is 0 Å². The van der Waals surface area contributed by atoms with E-state index in [9.17, 15) is 34.7 Å². The number of carboxylic acid groups (broad SMARTS) is 2. The molecule has 0 aliphatic heterocycles. The van der Waals surface area contributed by atoms with Crippen LogP contribution in [-0.4, -0.2) is 32.1 Å². The molecule has 5 N–H and O–H groups in total. The fourth-order valence-corrected chi connectivity index (χ4v) is 2.09. The molecule has 0 bridgehead atoms. The summed E-state index contributed by atoms with van der Waals surface area (Å²) in [6, 6.07) is 4.41. The number of pyridine rings is 1. The number of non-ortho nitro benzene ring substituents is 1. The van der Waals surface area contributed by atoms with Gasteiger partial charge in [-0.15, -0.1) is 0 Å². The number of H-pyrrole nitrogens is 1. The minimum atomic E-state index is -1.65. The second-order valence-electron chi connectivity index (χ2n) is 4.41. The van der Waals surface area contributed by atoms with E-state index in [1.54, 1.807) is 0 Å². The number of nitrogens with zero attached hydrogens (tertiary/aromatic N) is 1. The number of nitrogen functional groups attached to an aromatic ring is 1. The molecule has 1 aromatic heterocycles. The number of benzene rings is 1. The van der Waals surface area contributed by atoms with Crippen molar-refractivity contribution in [3.63, 3.8) is 0 Å². The number of aromatic nitrogens is 1. The number of nitro groups is 1. The summed E-state index contributed by atoms with van der Waals surface area (Å²) in [4.78, 5) is 46.4. The molecule has 1 heterocycles. The fourth-order valence-electron chi connectivity index (χ4n) is 2.09. The van der Waals surface area contributed by atoms with Gasteiger partial charge in [-0.1, -0.05) is 0 Å².